The van der Waals surface area contributed by atoms with Gasteiger partial charge in [-0.2, -0.15) is 5.26 Å². The van der Waals surface area contributed by atoms with E-state index in [2.05, 4.69) is 5.32 Å². The highest BCUT2D eigenvalue weighted by Crippen LogP contribution is 2.09. The Kier molecular flexibility index (Phi) is 3.67. The summed E-state index contributed by atoms with van der Waals surface area (Å²) in [5.41, 5.74) is 1.32. The van der Waals surface area contributed by atoms with Gasteiger partial charge in [-0.15, -0.1) is 0 Å². The first-order valence-corrected chi connectivity index (χ1v) is 7.39. The van der Waals surface area contributed by atoms with Crippen molar-refractivity contribution < 1.29 is 13.2 Å². The molecule has 1 aliphatic heterocycles. The van der Waals surface area contributed by atoms with Crippen LogP contribution in [-0.4, -0.2) is 26.1 Å². The van der Waals surface area contributed by atoms with Gasteiger partial charge in [0.25, 0.3) is 0 Å². The van der Waals surface area contributed by atoms with Crippen molar-refractivity contribution in [2.24, 2.45) is 0 Å². The van der Waals surface area contributed by atoms with Gasteiger partial charge in [-0.3, -0.25) is 4.79 Å². The van der Waals surface area contributed by atoms with Crippen LogP contribution in [0.25, 0.3) is 0 Å². The second-order valence-corrected chi connectivity index (χ2v) is 6.25. The molecule has 1 heterocycles. The molecule has 19 heavy (non-hydrogen) atoms. The minimum atomic E-state index is -3.15. The lowest BCUT2D eigenvalue weighted by molar-refractivity contribution is -0.120. The van der Waals surface area contributed by atoms with Gasteiger partial charge in [0, 0.05) is 5.41 Å². The number of sulfone groups is 1. The molecule has 0 saturated heterocycles. The number of hydrogen-bond donors (Lipinski definition) is 1. The van der Waals surface area contributed by atoms with Crippen molar-refractivity contribution in [3.63, 3.8) is 0 Å². The fraction of sp³-hybridized carbons (Fsp3) is 0.231. The molecule has 0 spiro atoms. The zero-order valence-corrected chi connectivity index (χ0v) is 10.9. The Morgan fingerprint density at radius 3 is 2.58 bits per heavy atom. The summed E-state index contributed by atoms with van der Waals surface area (Å²) in [6, 6.07) is 8.25. The van der Waals surface area contributed by atoms with Crippen LogP contribution in [0.15, 0.2) is 35.7 Å². The van der Waals surface area contributed by atoms with Gasteiger partial charge in [0.2, 0.25) is 5.91 Å². The van der Waals surface area contributed by atoms with Crippen LogP contribution in [0.3, 0.4) is 0 Å². The smallest absolute Gasteiger partial charge is 0.224 e. The lowest BCUT2D eigenvalue weighted by atomic mass is 10.1. The number of nitriles is 1. The molecule has 1 amide bonds. The van der Waals surface area contributed by atoms with Crippen LogP contribution in [0.4, 0.5) is 0 Å². The number of benzene rings is 1. The molecular weight excluding hydrogens is 264 g/mol. The number of nitrogens with one attached hydrogen (secondary N) is 1. The van der Waals surface area contributed by atoms with Crippen LogP contribution < -0.4 is 5.32 Å². The summed E-state index contributed by atoms with van der Waals surface area (Å²) in [4.78, 5) is 11.7. The van der Waals surface area contributed by atoms with E-state index in [1.165, 1.54) is 6.08 Å². The Hall–Kier alpha value is -2.13. The monoisotopic (exact) mass is 276 g/mol. The van der Waals surface area contributed by atoms with E-state index in [0.717, 1.165) is 11.0 Å². The van der Waals surface area contributed by atoms with Crippen LogP contribution in [0.2, 0.25) is 0 Å². The summed E-state index contributed by atoms with van der Waals surface area (Å²) in [6.45, 7) is 0. The van der Waals surface area contributed by atoms with Gasteiger partial charge in [0.05, 0.1) is 29.8 Å². The standard InChI is InChI=1S/C13H12N2O3S/c14-8-11-3-1-10(2-4-11)7-13(16)15-12-5-6-19(17,18)9-12/h1-6,12H,7,9H2,(H,15,16). The molecule has 0 fully saturated rings. The lowest BCUT2D eigenvalue weighted by Gasteiger charge is -2.09. The summed E-state index contributed by atoms with van der Waals surface area (Å²) in [5, 5.41) is 12.4. The zero-order valence-electron chi connectivity index (χ0n) is 10.0. The molecule has 6 heteroatoms. The zero-order chi connectivity index (χ0) is 13.9. The van der Waals surface area contributed by atoms with Crippen molar-refractivity contribution in [1.29, 1.82) is 5.26 Å². The Morgan fingerprint density at radius 2 is 2.05 bits per heavy atom. The number of nitrogens with zero attached hydrogens (tertiary/aromatic N) is 1. The third kappa shape index (κ3) is 3.66. The van der Waals surface area contributed by atoms with E-state index in [4.69, 9.17) is 5.26 Å². The molecule has 1 unspecified atom stereocenters. The normalized spacial score (nSPS) is 19.8. The summed E-state index contributed by atoms with van der Waals surface area (Å²) in [6.07, 6.45) is 1.64. The second kappa shape index (κ2) is 5.24. The van der Waals surface area contributed by atoms with E-state index < -0.39 is 15.9 Å². The first-order chi connectivity index (χ1) is 8.98. The number of amides is 1. The number of carbonyl (C=O) groups is 1. The van der Waals surface area contributed by atoms with Crippen LogP contribution in [0.1, 0.15) is 11.1 Å². The van der Waals surface area contributed by atoms with Gasteiger partial charge >= 0.3 is 0 Å². The molecular formula is C13H12N2O3S. The van der Waals surface area contributed by atoms with Crippen LogP contribution in [-0.2, 0) is 21.1 Å². The molecule has 2 rings (SSSR count). The van der Waals surface area contributed by atoms with Crippen molar-refractivity contribution in [3.05, 3.63) is 46.9 Å². The number of rotatable bonds is 3. The minimum absolute atomic E-state index is 0.0773. The highest BCUT2D eigenvalue weighted by molar-refractivity contribution is 7.94. The number of carbonyl (C=O) groups excluding carboxylic acids is 1. The van der Waals surface area contributed by atoms with Crippen molar-refractivity contribution in [1.82, 2.24) is 5.32 Å². The maximum absolute atomic E-state index is 11.7. The third-order valence-electron chi connectivity index (χ3n) is 2.72. The van der Waals surface area contributed by atoms with Crippen LogP contribution >= 0.6 is 0 Å². The van der Waals surface area contributed by atoms with E-state index >= 15 is 0 Å². The SMILES string of the molecule is N#Cc1ccc(CC(=O)NC2C=CS(=O)(=O)C2)cc1. The van der Waals surface area contributed by atoms with Crippen LogP contribution in [0.5, 0.6) is 0 Å². The topological polar surface area (TPSA) is 87.0 Å². The fourth-order valence-electron chi connectivity index (χ4n) is 1.81. The molecule has 0 aliphatic carbocycles. The van der Waals surface area contributed by atoms with Gasteiger partial charge in [0.1, 0.15) is 0 Å². The minimum Gasteiger partial charge on any atom is -0.349 e. The van der Waals surface area contributed by atoms with Gasteiger partial charge in [0.15, 0.2) is 9.84 Å². The maximum atomic E-state index is 11.7. The molecule has 1 aromatic carbocycles. The van der Waals surface area contributed by atoms with Gasteiger partial charge < -0.3 is 5.32 Å². The van der Waals surface area contributed by atoms with E-state index in [0.29, 0.717) is 5.56 Å². The summed E-state index contributed by atoms with van der Waals surface area (Å²) in [7, 11) is -3.15. The average molecular weight is 276 g/mol. The van der Waals surface area contributed by atoms with Gasteiger partial charge in [-0.25, -0.2) is 8.42 Å². The molecule has 0 bridgehead atoms. The summed E-state index contributed by atoms with van der Waals surface area (Å²) < 4.78 is 22.4. The molecule has 0 saturated carbocycles. The Labute approximate surface area is 111 Å². The third-order valence-corrected chi connectivity index (χ3v) is 4.12. The van der Waals surface area contributed by atoms with Gasteiger partial charge in [-0.1, -0.05) is 12.1 Å². The maximum Gasteiger partial charge on any atom is 0.224 e. The van der Waals surface area contributed by atoms with E-state index in [-0.39, 0.29) is 18.1 Å². The molecule has 98 valence electrons. The molecule has 1 atom stereocenters. The predicted octanol–water partition coefficient (Wildman–Crippen LogP) is 0.528. The largest absolute Gasteiger partial charge is 0.349 e. The molecule has 1 aliphatic rings. The highest BCUT2D eigenvalue weighted by atomic mass is 32.2. The van der Waals surface area contributed by atoms with Crippen molar-refractivity contribution in [3.8, 4) is 6.07 Å². The van der Waals surface area contributed by atoms with Crippen molar-refractivity contribution >= 4 is 15.7 Å². The average Bonchev–Trinajstić information content (AvgIpc) is 2.69. The Balaban J connectivity index is 1.91. The second-order valence-electron chi connectivity index (χ2n) is 4.32. The Bertz CT molecular complexity index is 654. The molecule has 1 aromatic rings. The van der Waals surface area contributed by atoms with Crippen molar-refractivity contribution in [2.45, 2.75) is 12.5 Å². The number of hydrogen-bond acceptors (Lipinski definition) is 4. The van der Waals surface area contributed by atoms with E-state index in [1.807, 2.05) is 6.07 Å². The highest BCUT2D eigenvalue weighted by Gasteiger charge is 2.22. The van der Waals surface area contributed by atoms with E-state index in [9.17, 15) is 13.2 Å². The van der Waals surface area contributed by atoms with E-state index in [1.54, 1.807) is 24.3 Å². The summed E-state index contributed by atoms with van der Waals surface area (Å²) in [5.74, 6) is -0.317. The predicted molar refractivity (Wildman–Crippen MR) is 69.7 cm³/mol. The van der Waals surface area contributed by atoms with Gasteiger partial charge in [-0.05, 0) is 23.8 Å². The first-order valence-electron chi connectivity index (χ1n) is 5.68. The fourth-order valence-corrected chi connectivity index (χ4v) is 3.04. The molecule has 5 nitrogen and oxygen atoms in total. The van der Waals surface area contributed by atoms with Crippen LogP contribution in [0, 0.1) is 11.3 Å². The molecule has 0 aromatic heterocycles. The molecule has 1 N–H and O–H groups in total. The first kappa shape index (κ1) is 13.3. The lowest BCUT2D eigenvalue weighted by Crippen LogP contribution is -2.36. The quantitative estimate of drug-likeness (QED) is 0.872. The van der Waals surface area contributed by atoms with Crippen molar-refractivity contribution in [2.75, 3.05) is 5.75 Å². The molecule has 0 radical (unpaired) electrons. The Morgan fingerprint density at radius 1 is 1.37 bits per heavy atom. The summed E-state index contributed by atoms with van der Waals surface area (Å²) >= 11 is 0.